The standard InChI is InChI=1S/C28H34N4O4.ClH/c1-2-36-28(35)23-6-3-15-31(18-23)27(34)22-12-13-24-21(17-22)5-4-16-32(24)25(33)14-9-19-7-10-20(11-8-19)26(29)30;/h7-8,10-13,17,23H,2-6,9,14-16,18H2,1H3,(H3,29,30);1H. The molecule has 1 atom stereocenters. The summed E-state index contributed by atoms with van der Waals surface area (Å²) in [7, 11) is 0. The summed E-state index contributed by atoms with van der Waals surface area (Å²) >= 11 is 0. The van der Waals surface area contributed by atoms with Crippen LogP contribution in [0.5, 0.6) is 0 Å². The van der Waals surface area contributed by atoms with Gasteiger partial charge in [0, 0.05) is 42.9 Å². The van der Waals surface area contributed by atoms with Crippen LogP contribution >= 0.6 is 12.4 Å². The summed E-state index contributed by atoms with van der Waals surface area (Å²) in [6.45, 7) is 3.81. The van der Waals surface area contributed by atoms with Crippen LogP contribution in [0, 0.1) is 11.3 Å². The van der Waals surface area contributed by atoms with Gasteiger partial charge in [0.15, 0.2) is 0 Å². The molecule has 0 saturated carbocycles. The number of hydrogen-bond donors (Lipinski definition) is 2. The zero-order valence-corrected chi connectivity index (χ0v) is 22.0. The number of hydrogen-bond acceptors (Lipinski definition) is 5. The van der Waals surface area contributed by atoms with Crippen molar-refractivity contribution in [3.05, 3.63) is 64.7 Å². The Hall–Kier alpha value is -3.39. The zero-order valence-electron chi connectivity index (χ0n) is 21.2. The van der Waals surface area contributed by atoms with E-state index in [1.165, 1.54) is 0 Å². The van der Waals surface area contributed by atoms with Crippen molar-refractivity contribution in [2.24, 2.45) is 11.7 Å². The zero-order chi connectivity index (χ0) is 25.7. The van der Waals surface area contributed by atoms with Gasteiger partial charge in [-0.2, -0.15) is 0 Å². The maximum Gasteiger partial charge on any atom is 0.310 e. The molecule has 8 nitrogen and oxygen atoms in total. The first-order chi connectivity index (χ1) is 17.4. The van der Waals surface area contributed by atoms with Gasteiger partial charge in [0.25, 0.3) is 5.91 Å². The maximum atomic E-state index is 13.2. The minimum absolute atomic E-state index is 0. The van der Waals surface area contributed by atoms with Crippen LogP contribution in [-0.2, 0) is 27.2 Å². The first kappa shape index (κ1) is 28.2. The van der Waals surface area contributed by atoms with Crippen molar-refractivity contribution < 1.29 is 19.1 Å². The third-order valence-corrected chi connectivity index (χ3v) is 6.97. The minimum atomic E-state index is -0.271. The lowest BCUT2D eigenvalue weighted by Crippen LogP contribution is -2.43. The number of halogens is 1. The van der Waals surface area contributed by atoms with E-state index >= 15 is 0 Å². The number of fused-ring (bicyclic) bond motifs is 1. The van der Waals surface area contributed by atoms with Crippen molar-refractivity contribution in [3.63, 3.8) is 0 Å². The smallest absolute Gasteiger partial charge is 0.310 e. The largest absolute Gasteiger partial charge is 0.466 e. The van der Waals surface area contributed by atoms with E-state index in [4.69, 9.17) is 15.9 Å². The number of nitrogen functional groups attached to an aromatic ring is 1. The highest BCUT2D eigenvalue weighted by Crippen LogP contribution is 2.30. The molecule has 0 spiro atoms. The van der Waals surface area contributed by atoms with Crippen LogP contribution < -0.4 is 10.6 Å². The average molecular weight is 527 g/mol. The number of anilines is 1. The fraction of sp³-hybridized carbons (Fsp3) is 0.429. The Morgan fingerprint density at radius 1 is 1.05 bits per heavy atom. The number of ether oxygens (including phenoxy) is 1. The highest BCUT2D eigenvalue weighted by atomic mass is 35.5. The molecular formula is C28H35ClN4O4. The molecule has 2 aliphatic rings. The van der Waals surface area contributed by atoms with E-state index in [-0.39, 0.29) is 41.9 Å². The summed E-state index contributed by atoms with van der Waals surface area (Å²) in [6.07, 6.45) is 4.17. The van der Waals surface area contributed by atoms with E-state index in [0.717, 1.165) is 42.5 Å². The van der Waals surface area contributed by atoms with Crippen LogP contribution in [0.15, 0.2) is 42.5 Å². The fourth-order valence-electron chi connectivity index (χ4n) is 5.02. The number of amides is 2. The summed E-state index contributed by atoms with van der Waals surface area (Å²) in [5.41, 5.74) is 9.67. The number of benzene rings is 2. The lowest BCUT2D eigenvalue weighted by Gasteiger charge is -2.33. The summed E-state index contributed by atoms with van der Waals surface area (Å²) in [5, 5.41) is 7.49. The van der Waals surface area contributed by atoms with Crippen LogP contribution in [0.1, 0.15) is 59.7 Å². The molecule has 2 heterocycles. The molecule has 0 radical (unpaired) electrons. The molecule has 2 aromatic carbocycles. The van der Waals surface area contributed by atoms with E-state index in [2.05, 4.69) is 0 Å². The molecule has 1 fully saturated rings. The number of likely N-dealkylation sites (tertiary alicyclic amines) is 1. The van der Waals surface area contributed by atoms with E-state index < -0.39 is 0 Å². The van der Waals surface area contributed by atoms with Gasteiger partial charge < -0.3 is 20.3 Å². The Morgan fingerprint density at radius 2 is 1.78 bits per heavy atom. The first-order valence-electron chi connectivity index (χ1n) is 12.7. The number of carbonyl (C=O) groups is 3. The number of piperidine rings is 1. The summed E-state index contributed by atoms with van der Waals surface area (Å²) < 4.78 is 5.16. The second-order valence-corrected chi connectivity index (χ2v) is 9.45. The highest BCUT2D eigenvalue weighted by Gasteiger charge is 2.30. The molecule has 0 bridgehead atoms. The summed E-state index contributed by atoms with van der Waals surface area (Å²) in [5.74, 6) is -0.501. The molecule has 2 amide bonds. The topological polar surface area (TPSA) is 117 Å². The number of esters is 1. The Labute approximate surface area is 224 Å². The molecule has 2 aromatic rings. The van der Waals surface area contributed by atoms with E-state index in [9.17, 15) is 14.4 Å². The molecule has 1 unspecified atom stereocenters. The number of nitrogens with zero attached hydrogens (tertiary/aromatic N) is 2. The molecule has 1 saturated heterocycles. The maximum absolute atomic E-state index is 13.2. The second-order valence-electron chi connectivity index (χ2n) is 9.45. The molecule has 2 aliphatic heterocycles. The van der Waals surface area contributed by atoms with Gasteiger partial charge >= 0.3 is 5.97 Å². The van der Waals surface area contributed by atoms with Crippen molar-refractivity contribution in [1.29, 1.82) is 5.41 Å². The van der Waals surface area contributed by atoms with Crippen molar-refractivity contribution in [2.45, 2.75) is 45.4 Å². The van der Waals surface area contributed by atoms with Crippen LogP contribution in [0.3, 0.4) is 0 Å². The van der Waals surface area contributed by atoms with E-state index in [1.807, 2.05) is 29.2 Å². The van der Waals surface area contributed by atoms with Crippen LogP contribution in [0.2, 0.25) is 0 Å². The van der Waals surface area contributed by atoms with Crippen molar-refractivity contribution in [2.75, 3.05) is 31.1 Å². The number of nitrogens with one attached hydrogen (secondary N) is 1. The van der Waals surface area contributed by atoms with Gasteiger partial charge in [0.1, 0.15) is 5.84 Å². The SMILES string of the molecule is CCOC(=O)C1CCCN(C(=O)c2ccc3c(c2)CCCN3C(=O)CCc2ccc(C(=N)N)cc2)C1.Cl. The molecule has 3 N–H and O–H groups in total. The van der Waals surface area contributed by atoms with Crippen molar-refractivity contribution in [1.82, 2.24) is 4.90 Å². The Bertz CT molecular complexity index is 1150. The summed E-state index contributed by atoms with van der Waals surface area (Å²) in [6, 6.07) is 13.0. The van der Waals surface area contributed by atoms with Gasteiger partial charge in [-0.3, -0.25) is 19.8 Å². The van der Waals surface area contributed by atoms with E-state index in [1.54, 1.807) is 30.0 Å². The number of nitrogens with two attached hydrogens (primary N) is 1. The second kappa shape index (κ2) is 12.7. The predicted molar refractivity (Wildman–Crippen MR) is 145 cm³/mol. The monoisotopic (exact) mass is 526 g/mol. The highest BCUT2D eigenvalue weighted by molar-refractivity contribution is 5.98. The van der Waals surface area contributed by atoms with Crippen LogP contribution in [-0.4, -0.2) is 54.8 Å². The molecule has 0 aliphatic carbocycles. The van der Waals surface area contributed by atoms with E-state index in [0.29, 0.717) is 50.2 Å². The number of carbonyl (C=O) groups excluding carboxylic acids is 3. The van der Waals surface area contributed by atoms with Crippen LogP contribution in [0.25, 0.3) is 0 Å². The van der Waals surface area contributed by atoms with Gasteiger partial charge in [-0.05, 0) is 68.4 Å². The molecule has 4 rings (SSSR count). The van der Waals surface area contributed by atoms with Crippen molar-refractivity contribution in [3.8, 4) is 0 Å². The lowest BCUT2D eigenvalue weighted by atomic mass is 9.95. The quantitative estimate of drug-likeness (QED) is 0.324. The molecule has 198 valence electrons. The summed E-state index contributed by atoms with van der Waals surface area (Å²) in [4.78, 5) is 42.0. The Kier molecular flexibility index (Phi) is 9.69. The molecular weight excluding hydrogens is 492 g/mol. The third-order valence-electron chi connectivity index (χ3n) is 6.97. The lowest BCUT2D eigenvalue weighted by molar-refractivity contribution is -0.149. The van der Waals surface area contributed by atoms with Gasteiger partial charge in [0.2, 0.25) is 5.91 Å². The van der Waals surface area contributed by atoms with Gasteiger partial charge in [-0.25, -0.2) is 0 Å². The number of rotatable bonds is 7. The first-order valence-corrected chi connectivity index (χ1v) is 12.7. The molecule has 37 heavy (non-hydrogen) atoms. The fourth-order valence-corrected chi connectivity index (χ4v) is 5.02. The third kappa shape index (κ3) is 6.68. The Morgan fingerprint density at radius 3 is 2.49 bits per heavy atom. The molecule has 9 heteroatoms. The molecule has 0 aromatic heterocycles. The number of aryl methyl sites for hydroxylation is 2. The van der Waals surface area contributed by atoms with Gasteiger partial charge in [0.05, 0.1) is 12.5 Å². The number of amidine groups is 1. The minimum Gasteiger partial charge on any atom is -0.466 e. The Balaban J connectivity index is 0.00000380. The normalized spacial score (nSPS) is 16.8. The predicted octanol–water partition coefficient (Wildman–Crippen LogP) is 3.72. The van der Waals surface area contributed by atoms with Gasteiger partial charge in [-0.15, -0.1) is 12.4 Å². The van der Waals surface area contributed by atoms with Gasteiger partial charge in [-0.1, -0.05) is 24.3 Å². The van der Waals surface area contributed by atoms with Crippen molar-refractivity contribution >= 4 is 41.7 Å². The van der Waals surface area contributed by atoms with Crippen LogP contribution in [0.4, 0.5) is 5.69 Å². The average Bonchev–Trinajstić information content (AvgIpc) is 2.91.